The average Bonchev–Trinajstić information content (AvgIpc) is 2.53. The van der Waals surface area contributed by atoms with Crippen LogP contribution in [0.4, 0.5) is 21.9 Å². The number of amides is 2. The number of hydrogen-bond acceptors (Lipinski definition) is 2. The lowest BCUT2D eigenvalue weighted by atomic mass is 10.2. The minimum atomic E-state index is -0.371. The second kappa shape index (κ2) is 8.09. The van der Waals surface area contributed by atoms with E-state index < -0.39 is 0 Å². The predicted octanol–water partition coefficient (Wildman–Crippen LogP) is 5.48. The van der Waals surface area contributed by atoms with Crippen LogP contribution in [0, 0.1) is 0 Å². The van der Waals surface area contributed by atoms with Gasteiger partial charge in [0.15, 0.2) is 0 Å². The smallest absolute Gasteiger partial charge is 0.323 e. The van der Waals surface area contributed by atoms with Crippen LogP contribution in [0.3, 0.4) is 0 Å². The Morgan fingerprint density at radius 3 is 2.26 bits per heavy atom. The number of benzene rings is 2. The Hall–Kier alpha value is -1.91. The second-order valence-electron chi connectivity index (χ2n) is 4.92. The lowest BCUT2D eigenvalue weighted by molar-refractivity contribution is 0.262. The summed E-state index contributed by atoms with van der Waals surface area (Å²) in [6, 6.07) is 12.2. The number of hydrogen-bond donors (Lipinski definition) is 2. The van der Waals surface area contributed by atoms with E-state index in [0.717, 1.165) is 18.8 Å². The highest BCUT2D eigenvalue weighted by molar-refractivity contribution is 6.35. The van der Waals surface area contributed by atoms with Crippen LogP contribution in [0.5, 0.6) is 0 Å². The molecule has 0 unspecified atom stereocenters. The molecule has 2 aromatic rings. The highest BCUT2D eigenvalue weighted by Gasteiger charge is 2.07. The van der Waals surface area contributed by atoms with Gasteiger partial charge in [-0.15, -0.1) is 0 Å². The minimum Gasteiger partial charge on any atom is -0.372 e. The molecule has 0 aromatic heterocycles. The van der Waals surface area contributed by atoms with Crippen LogP contribution in [0.2, 0.25) is 10.0 Å². The summed E-state index contributed by atoms with van der Waals surface area (Å²) in [6.45, 7) is 6.10. The van der Waals surface area contributed by atoms with E-state index >= 15 is 0 Å². The third-order valence-corrected chi connectivity index (χ3v) is 4.00. The molecule has 0 radical (unpaired) electrons. The van der Waals surface area contributed by atoms with Gasteiger partial charge in [0.2, 0.25) is 0 Å². The fraction of sp³-hybridized carbons (Fsp3) is 0.235. The van der Waals surface area contributed by atoms with Crippen molar-refractivity contribution >= 4 is 46.3 Å². The number of halogens is 2. The minimum absolute atomic E-state index is 0.371. The molecular weight excluding hydrogens is 333 g/mol. The summed E-state index contributed by atoms with van der Waals surface area (Å²) in [5.74, 6) is 0. The largest absolute Gasteiger partial charge is 0.372 e. The zero-order valence-electron chi connectivity index (χ0n) is 13.1. The summed E-state index contributed by atoms with van der Waals surface area (Å²) in [7, 11) is 0. The van der Waals surface area contributed by atoms with Crippen LogP contribution in [0.25, 0.3) is 0 Å². The molecule has 0 atom stereocenters. The molecule has 0 aliphatic carbocycles. The zero-order valence-corrected chi connectivity index (χ0v) is 14.6. The van der Waals surface area contributed by atoms with Gasteiger partial charge in [0.1, 0.15) is 0 Å². The topological polar surface area (TPSA) is 44.4 Å². The Kier molecular flexibility index (Phi) is 6.13. The van der Waals surface area contributed by atoms with Crippen molar-refractivity contribution in [3.63, 3.8) is 0 Å². The summed E-state index contributed by atoms with van der Waals surface area (Å²) in [5.41, 5.74) is 2.30. The molecule has 2 amide bonds. The lowest BCUT2D eigenvalue weighted by Crippen LogP contribution is -2.22. The summed E-state index contributed by atoms with van der Waals surface area (Å²) >= 11 is 11.9. The van der Waals surface area contributed by atoms with Gasteiger partial charge >= 0.3 is 6.03 Å². The molecule has 0 fully saturated rings. The third-order valence-electron chi connectivity index (χ3n) is 3.43. The molecule has 0 saturated heterocycles. The molecule has 0 aliphatic heterocycles. The molecular formula is C17H19Cl2N3O. The van der Waals surface area contributed by atoms with E-state index in [1.165, 1.54) is 0 Å². The van der Waals surface area contributed by atoms with Crippen LogP contribution in [-0.2, 0) is 0 Å². The number of nitrogens with zero attached hydrogens (tertiary/aromatic N) is 1. The second-order valence-corrected chi connectivity index (χ2v) is 5.77. The number of anilines is 3. The van der Waals surface area contributed by atoms with Crippen molar-refractivity contribution in [3.8, 4) is 0 Å². The van der Waals surface area contributed by atoms with E-state index in [1.54, 1.807) is 18.2 Å². The monoisotopic (exact) mass is 351 g/mol. The normalized spacial score (nSPS) is 10.3. The lowest BCUT2D eigenvalue weighted by Gasteiger charge is -2.21. The van der Waals surface area contributed by atoms with Gasteiger partial charge in [-0.1, -0.05) is 23.2 Å². The van der Waals surface area contributed by atoms with Crippen LogP contribution in [0.1, 0.15) is 13.8 Å². The third kappa shape index (κ3) is 4.78. The Labute approximate surface area is 146 Å². The van der Waals surface area contributed by atoms with E-state index in [2.05, 4.69) is 29.4 Å². The maximum absolute atomic E-state index is 12.0. The van der Waals surface area contributed by atoms with Crippen molar-refractivity contribution < 1.29 is 4.79 Å². The fourth-order valence-electron chi connectivity index (χ4n) is 2.22. The van der Waals surface area contributed by atoms with Crippen molar-refractivity contribution in [2.24, 2.45) is 0 Å². The first-order chi connectivity index (χ1) is 11.0. The van der Waals surface area contributed by atoms with Crippen molar-refractivity contribution in [2.75, 3.05) is 28.6 Å². The molecule has 122 valence electrons. The summed E-state index contributed by atoms with van der Waals surface area (Å²) < 4.78 is 0. The SMILES string of the molecule is CCN(CC)c1ccc(NC(=O)Nc2cc(Cl)ccc2Cl)cc1. The molecule has 2 rings (SSSR count). The van der Waals surface area contributed by atoms with E-state index in [-0.39, 0.29) is 6.03 Å². The van der Waals surface area contributed by atoms with Gasteiger partial charge in [-0.3, -0.25) is 0 Å². The maximum Gasteiger partial charge on any atom is 0.323 e. The number of carbonyl (C=O) groups excluding carboxylic acids is 1. The van der Waals surface area contributed by atoms with Crippen LogP contribution < -0.4 is 15.5 Å². The quantitative estimate of drug-likeness (QED) is 0.748. The van der Waals surface area contributed by atoms with E-state index in [0.29, 0.717) is 21.4 Å². The van der Waals surface area contributed by atoms with Crippen LogP contribution >= 0.6 is 23.2 Å². The fourth-order valence-corrected chi connectivity index (χ4v) is 2.56. The van der Waals surface area contributed by atoms with Gasteiger partial charge in [-0.25, -0.2) is 4.79 Å². The van der Waals surface area contributed by atoms with Gasteiger partial charge in [0.05, 0.1) is 10.7 Å². The molecule has 2 N–H and O–H groups in total. The van der Waals surface area contributed by atoms with Gasteiger partial charge in [0.25, 0.3) is 0 Å². The highest BCUT2D eigenvalue weighted by atomic mass is 35.5. The maximum atomic E-state index is 12.0. The van der Waals surface area contributed by atoms with Crippen LogP contribution in [-0.4, -0.2) is 19.1 Å². The standard InChI is InChI=1S/C17H19Cl2N3O/c1-3-22(4-2)14-8-6-13(7-9-14)20-17(23)21-16-11-12(18)5-10-15(16)19/h5-11H,3-4H2,1-2H3,(H2,20,21,23). The number of carbonyl (C=O) groups is 1. The van der Waals surface area contributed by atoms with Crippen LogP contribution in [0.15, 0.2) is 42.5 Å². The molecule has 0 spiro atoms. The molecule has 0 saturated carbocycles. The molecule has 0 heterocycles. The van der Waals surface area contributed by atoms with Crippen molar-refractivity contribution in [1.82, 2.24) is 0 Å². The molecule has 6 heteroatoms. The predicted molar refractivity (Wildman–Crippen MR) is 99.1 cm³/mol. The first-order valence-electron chi connectivity index (χ1n) is 7.41. The summed E-state index contributed by atoms with van der Waals surface area (Å²) in [5, 5.41) is 6.39. The molecule has 2 aromatic carbocycles. The van der Waals surface area contributed by atoms with Gasteiger partial charge < -0.3 is 15.5 Å². The number of urea groups is 1. The molecule has 4 nitrogen and oxygen atoms in total. The Morgan fingerprint density at radius 1 is 1.00 bits per heavy atom. The highest BCUT2D eigenvalue weighted by Crippen LogP contribution is 2.25. The number of nitrogens with one attached hydrogen (secondary N) is 2. The Balaban J connectivity index is 2.01. The van der Waals surface area contributed by atoms with Gasteiger partial charge in [0, 0.05) is 29.5 Å². The number of rotatable bonds is 5. The molecule has 0 bridgehead atoms. The van der Waals surface area contributed by atoms with Crippen molar-refractivity contribution in [2.45, 2.75) is 13.8 Å². The summed E-state index contributed by atoms with van der Waals surface area (Å²) in [6.07, 6.45) is 0. The Morgan fingerprint density at radius 2 is 1.65 bits per heavy atom. The van der Waals surface area contributed by atoms with Crippen molar-refractivity contribution in [1.29, 1.82) is 0 Å². The molecule has 23 heavy (non-hydrogen) atoms. The zero-order chi connectivity index (χ0) is 16.8. The van der Waals surface area contributed by atoms with Gasteiger partial charge in [-0.2, -0.15) is 0 Å². The average molecular weight is 352 g/mol. The first kappa shape index (κ1) is 17.4. The first-order valence-corrected chi connectivity index (χ1v) is 8.17. The summed E-state index contributed by atoms with van der Waals surface area (Å²) in [4.78, 5) is 14.3. The Bertz CT molecular complexity index is 670. The van der Waals surface area contributed by atoms with Crippen molar-refractivity contribution in [3.05, 3.63) is 52.5 Å². The molecule has 0 aliphatic rings. The van der Waals surface area contributed by atoms with E-state index in [1.807, 2.05) is 24.3 Å². The van der Waals surface area contributed by atoms with E-state index in [4.69, 9.17) is 23.2 Å². The van der Waals surface area contributed by atoms with E-state index in [9.17, 15) is 4.79 Å². The van der Waals surface area contributed by atoms with Gasteiger partial charge in [-0.05, 0) is 56.3 Å².